The van der Waals surface area contributed by atoms with E-state index in [1.54, 1.807) is 0 Å². The number of aliphatic hydroxyl groups is 1. The fourth-order valence-corrected chi connectivity index (χ4v) is 1.11. The lowest BCUT2D eigenvalue weighted by Gasteiger charge is -2.12. The van der Waals surface area contributed by atoms with Crippen LogP contribution in [0.15, 0.2) is 0 Å². The van der Waals surface area contributed by atoms with Gasteiger partial charge in [0.1, 0.15) is 6.04 Å². The van der Waals surface area contributed by atoms with Crippen LogP contribution in [0.25, 0.3) is 0 Å². The summed E-state index contributed by atoms with van der Waals surface area (Å²) in [5.74, 6) is -0.786. The molecule has 0 aliphatic rings. The Hall–Kier alpha value is -0.610. The Morgan fingerprint density at radius 1 is 1.46 bits per heavy atom. The normalized spacial score (nSPS) is 12.8. The molecule has 0 aromatic rings. The van der Waals surface area contributed by atoms with Crippen LogP contribution in [0.2, 0.25) is 0 Å². The van der Waals surface area contributed by atoms with Crippen LogP contribution in [0.5, 0.6) is 0 Å². The molecule has 0 aliphatic heterocycles. The summed E-state index contributed by atoms with van der Waals surface area (Å²) in [5, 5.41) is 20.2. The minimum atomic E-state index is -0.786. The number of rotatable bonds is 8. The molecule has 4 heteroatoms. The standard InChI is InChI=1S/C9H19NO3/c1-2-5-8(9(12)13)10-6-3-4-7-11/h8,10-11H,2-7H2,1H3,(H,12,13). The van der Waals surface area contributed by atoms with E-state index >= 15 is 0 Å². The molecule has 0 bridgehead atoms. The van der Waals surface area contributed by atoms with Crippen LogP contribution in [0.3, 0.4) is 0 Å². The van der Waals surface area contributed by atoms with E-state index in [4.69, 9.17) is 10.2 Å². The fraction of sp³-hybridized carbons (Fsp3) is 0.889. The number of aliphatic carboxylic acids is 1. The molecular formula is C9H19NO3. The summed E-state index contributed by atoms with van der Waals surface area (Å²) in [4.78, 5) is 10.6. The number of carbonyl (C=O) groups is 1. The van der Waals surface area contributed by atoms with Crippen LogP contribution in [0, 0.1) is 0 Å². The summed E-state index contributed by atoms with van der Waals surface area (Å²) < 4.78 is 0. The van der Waals surface area contributed by atoms with Crippen molar-refractivity contribution in [3.63, 3.8) is 0 Å². The highest BCUT2D eigenvalue weighted by Gasteiger charge is 2.14. The maximum Gasteiger partial charge on any atom is 0.320 e. The van der Waals surface area contributed by atoms with Gasteiger partial charge < -0.3 is 15.5 Å². The highest BCUT2D eigenvalue weighted by Crippen LogP contribution is 1.97. The number of carboxylic acid groups (broad SMARTS) is 1. The minimum absolute atomic E-state index is 0.174. The van der Waals surface area contributed by atoms with Gasteiger partial charge in [-0.2, -0.15) is 0 Å². The van der Waals surface area contributed by atoms with Crippen LogP contribution >= 0.6 is 0 Å². The van der Waals surface area contributed by atoms with Crippen LogP contribution in [-0.2, 0) is 4.79 Å². The third kappa shape index (κ3) is 6.54. The molecular weight excluding hydrogens is 170 g/mol. The number of hydrogen-bond donors (Lipinski definition) is 3. The second kappa shape index (κ2) is 8.01. The zero-order valence-electron chi connectivity index (χ0n) is 8.12. The molecule has 3 N–H and O–H groups in total. The van der Waals surface area contributed by atoms with E-state index in [9.17, 15) is 4.79 Å². The maximum atomic E-state index is 10.6. The van der Waals surface area contributed by atoms with Gasteiger partial charge in [-0.05, 0) is 25.8 Å². The van der Waals surface area contributed by atoms with E-state index in [2.05, 4.69) is 5.32 Å². The summed E-state index contributed by atoms with van der Waals surface area (Å²) in [6, 6.07) is -0.427. The molecule has 0 aromatic heterocycles. The summed E-state index contributed by atoms with van der Waals surface area (Å²) >= 11 is 0. The quantitative estimate of drug-likeness (QED) is 0.489. The molecule has 0 radical (unpaired) electrons. The highest BCUT2D eigenvalue weighted by atomic mass is 16.4. The lowest BCUT2D eigenvalue weighted by Crippen LogP contribution is -2.37. The summed E-state index contributed by atoms with van der Waals surface area (Å²) in [6.45, 7) is 2.80. The second-order valence-corrected chi connectivity index (χ2v) is 3.06. The van der Waals surface area contributed by atoms with Crippen molar-refractivity contribution in [1.82, 2.24) is 5.32 Å². The van der Waals surface area contributed by atoms with Gasteiger partial charge in [-0.3, -0.25) is 4.79 Å². The average molecular weight is 189 g/mol. The zero-order valence-corrected chi connectivity index (χ0v) is 8.12. The van der Waals surface area contributed by atoms with Crippen LogP contribution < -0.4 is 5.32 Å². The van der Waals surface area contributed by atoms with Crippen molar-refractivity contribution >= 4 is 5.97 Å². The highest BCUT2D eigenvalue weighted by molar-refractivity contribution is 5.73. The predicted molar refractivity (Wildman–Crippen MR) is 50.7 cm³/mol. The van der Waals surface area contributed by atoms with E-state index in [1.165, 1.54) is 0 Å². The molecule has 78 valence electrons. The van der Waals surface area contributed by atoms with Crippen molar-refractivity contribution in [2.75, 3.05) is 13.2 Å². The van der Waals surface area contributed by atoms with Crippen molar-refractivity contribution in [3.05, 3.63) is 0 Å². The number of aliphatic hydroxyl groups excluding tert-OH is 1. The third-order valence-corrected chi connectivity index (χ3v) is 1.85. The van der Waals surface area contributed by atoms with Gasteiger partial charge in [-0.1, -0.05) is 13.3 Å². The largest absolute Gasteiger partial charge is 0.480 e. The third-order valence-electron chi connectivity index (χ3n) is 1.85. The van der Waals surface area contributed by atoms with E-state index in [1.807, 2.05) is 6.92 Å². The monoisotopic (exact) mass is 189 g/mol. The van der Waals surface area contributed by atoms with Gasteiger partial charge in [0.2, 0.25) is 0 Å². The average Bonchev–Trinajstić information content (AvgIpc) is 2.10. The lowest BCUT2D eigenvalue weighted by molar-refractivity contribution is -0.139. The second-order valence-electron chi connectivity index (χ2n) is 3.06. The molecule has 0 aliphatic carbocycles. The SMILES string of the molecule is CCCC(NCCCCO)C(=O)O. The Morgan fingerprint density at radius 3 is 2.62 bits per heavy atom. The molecule has 0 amide bonds. The summed E-state index contributed by atoms with van der Waals surface area (Å²) in [5.41, 5.74) is 0. The van der Waals surface area contributed by atoms with Gasteiger partial charge in [-0.15, -0.1) is 0 Å². The van der Waals surface area contributed by atoms with E-state index in [0.717, 1.165) is 19.3 Å². The van der Waals surface area contributed by atoms with Crippen LogP contribution in [-0.4, -0.2) is 35.4 Å². The molecule has 4 nitrogen and oxygen atoms in total. The predicted octanol–water partition coefficient (Wildman–Crippen LogP) is 0.602. The van der Waals surface area contributed by atoms with Crippen LogP contribution in [0.4, 0.5) is 0 Å². The lowest BCUT2D eigenvalue weighted by atomic mass is 10.1. The Balaban J connectivity index is 3.51. The Bertz CT molecular complexity index is 139. The zero-order chi connectivity index (χ0) is 10.1. The molecule has 1 unspecified atom stereocenters. The van der Waals surface area contributed by atoms with Gasteiger partial charge in [0, 0.05) is 6.61 Å². The molecule has 13 heavy (non-hydrogen) atoms. The number of hydrogen-bond acceptors (Lipinski definition) is 3. The van der Waals surface area contributed by atoms with Crippen molar-refractivity contribution in [2.45, 2.75) is 38.6 Å². The summed E-state index contributed by atoms with van der Waals surface area (Å²) in [6.07, 6.45) is 3.08. The van der Waals surface area contributed by atoms with Gasteiger partial charge in [-0.25, -0.2) is 0 Å². The van der Waals surface area contributed by atoms with Crippen molar-refractivity contribution < 1.29 is 15.0 Å². The topological polar surface area (TPSA) is 69.6 Å². The molecule has 0 saturated heterocycles. The van der Waals surface area contributed by atoms with Gasteiger partial charge in [0.15, 0.2) is 0 Å². The van der Waals surface area contributed by atoms with Crippen molar-refractivity contribution in [2.24, 2.45) is 0 Å². The molecule has 0 rings (SSSR count). The molecule has 0 saturated carbocycles. The first-order chi connectivity index (χ1) is 6.22. The smallest absolute Gasteiger partial charge is 0.320 e. The first-order valence-electron chi connectivity index (χ1n) is 4.79. The Labute approximate surface area is 79.0 Å². The van der Waals surface area contributed by atoms with Crippen molar-refractivity contribution in [1.29, 1.82) is 0 Å². The van der Waals surface area contributed by atoms with E-state index < -0.39 is 12.0 Å². The van der Waals surface area contributed by atoms with Gasteiger partial charge in [0.05, 0.1) is 0 Å². The molecule has 0 spiro atoms. The Kier molecular flexibility index (Phi) is 7.63. The first-order valence-corrected chi connectivity index (χ1v) is 4.79. The number of unbranched alkanes of at least 4 members (excludes halogenated alkanes) is 1. The minimum Gasteiger partial charge on any atom is -0.480 e. The van der Waals surface area contributed by atoms with Gasteiger partial charge >= 0.3 is 5.97 Å². The summed E-state index contributed by atoms with van der Waals surface area (Å²) in [7, 11) is 0. The Morgan fingerprint density at radius 2 is 2.15 bits per heavy atom. The molecule has 0 heterocycles. The fourth-order valence-electron chi connectivity index (χ4n) is 1.11. The first kappa shape index (κ1) is 12.4. The molecule has 0 fully saturated rings. The maximum absolute atomic E-state index is 10.6. The van der Waals surface area contributed by atoms with Gasteiger partial charge in [0.25, 0.3) is 0 Å². The molecule has 1 atom stereocenters. The number of nitrogens with one attached hydrogen (secondary N) is 1. The van der Waals surface area contributed by atoms with Crippen molar-refractivity contribution in [3.8, 4) is 0 Å². The van der Waals surface area contributed by atoms with Crippen LogP contribution in [0.1, 0.15) is 32.6 Å². The molecule has 0 aromatic carbocycles. The van der Waals surface area contributed by atoms with E-state index in [0.29, 0.717) is 13.0 Å². The number of carboxylic acids is 1. The van der Waals surface area contributed by atoms with E-state index in [-0.39, 0.29) is 6.61 Å².